The molecule has 0 bridgehead atoms. The molecule has 0 fully saturated rings. The number of hydrogen-bond donors (Lipinski definition) is 1. The number of hydrogen-bond acceptors (Lipinski definition) is 7. The minimum atomic E-state index is -0.345. The van der Waals surface area contributed by atoms with Gasteiger partial charge in [0.2, 0.25) is 5.88 Å². The first-order valence-electron chi connectivity index (χ1n) is 6.07. The molecule has 0 aliphatic rings. The van der Waals surface area contributed by atoms with E-state index < -0.39 is 0 Å². The predicted octanol–water partition coefficient (Wildman–Crippen LogP) is -0.809. The summed E-state index contributed by atoms with van der Waals surface area (Å²) in [6.45, 7) is 0.163. The Morgan fingerprint density at radius 2 is 2.19 bits per heavy atom. The zero-order valence-corrected chi connectivity index (χ0v) is 11.4. The van der Waals surface area contributed by atoms with Crippen LogP contribution in [0.15, 0.2) is 18.3 Å². The maximum absolute atomic E-state index is 11.9. The van der Waals surface area contributed by atoms with E-state index in [0.29, 0.717) is 17.4 Å². The Morgan fingerprint density at radius 1 is 1.33 bits per heavy atom. The van der Waals surface area contributed by atoms with Crippen LogP contribution < -0.4 is 10.1 Å². The molecule has 21 heavy (non-hydrogen) atoms. The zero-order chi connectivity index (χ0) is 14.8. The summed E-state index contributed by atoms with van der Waals surface area (Å²) in [6, 6.07) is 3.42. The van der Waals surface area contributed by atoms with Crippen molar-refractivity contribution in [3.63, 3.8) is 0 Å². The molecule has 3 heterocycles. The molecule has 3 aromatic heterocycles. The highest BCUT2D eigenvalue weighted by atomic mass is 16.5. The standard InChI is InChI=1S/C11H12N8O2/c1-18-6-7(13-17-18)11(20)12-5-9-15-14-8-3-4-10(21-2)16-19(8)9/h3-4,6H,5H2,1-2H3,(H,12,20). The Labute approximate surface area is 118 Å². The summed E-state index contributed by atoms with van der Waals surface area (Å²) in [7, 11) is 3.21. The van der Waals surface area contributed by atoms with E-state index in [9.17, 15) is 4.79 Å². The van der Waals surface area contributed by atoms with Crippen LogP contribution in [-0.4, -0.2) is 47.8 Å². The van der Waals surface area contributed by atoms with Crippen LogP contribution in [-0.2, 0) is 13.6 Å². The summed E-state index contributed by atoms with van der Waals surface area (Å²) in [5.74, 6) is 0.577. The molecule has 1 amide bonds. The maximum Gasteiger partial charge on any atom is 0.273 e. The van der Waals surface area contributed by atoms with E-state index >= 15 is 0 Å². The third kappa shape index (κ3) is 2.50. The number of carbonyl (C=O) groups excluding carboxylic acids is 1. The monoisotopic (exact) mass is 288 g/mol. The summed E-state index contributed by atoms with van der Waals surface area (Å²) in [4.78, 5) is 11.9. The Balaban J connectivity index is 1.77. The van der Waals surface area contributed by atoms with Gasteiger partial charge in [0.05, 0.1) is 19.9 Å². The van der Waals surface area contributed by atoms with Crippen LogP contribution in [0.4, 0.5) is 0 Å². The van der Waals surface area contributed by atoms with Gasteiger partial charge >= 0.3 is 0 Å². The van der Waals surface area contributed by atoms with Crippen LogP contribution in [0.25, 0.3) is 5.65 Å². The van der Waals surface area contributed by atoms with E-state index in [-0.39, 0.29) is 18.1 Å². The van der Waals surface area contributed by atoms with Crippen molar-refractivity contribution in [2.75, 3.05) is 7.11 Å². The van der Waals surface area contributed by atoms with E-state index in [1.807, 2.05) is 0 Å². The van der Waals surface area contributed by atoms with Gasteiger partial charge in [-0.15, -0.1) is 20.4 Å². The second-order valence-electron chi connectivity index (χ2n) is 4.22. The molecule has 10 nitrogen and oxygen atoms in total. The molecule has 0 radical (unpaired) electrons. The van der Waals surface area contributed by atoms with Gasteiger partial charge in [-0.25, -0.2) is 0 Å². The molecule has 3 rings (SSSR count). The largest absolute Gasteiger partial charge is 0.480 e. The van der Waals surface area contributed by atoms with Gasteiger partial charge in [0.25, 0.3) is 5.91 Å². The van der Waals surface area contributed by atoms with Crippen molar-refractivity contribution >= 4 is 11.6 Å². The lowest BCUT2D eigenvalue weighted by atomic mass is 10.4. The minimum Gasteiger partial charge on any atom is -0.480 e. The fraction of sp³-hybridized carbons (Fsp3) is 0.273. The topological polar surface area (TPSA) is 112 Å². The van der Waals surface area contributed by atoms with Crippen LogP contribution in [0.1, 0.15) is 16.3 Å². The lowest BCUT2D eigenvalue weighted by Crippen LogP contribution is -2.24. The van der Waals surface area contributed by atoms with Gasteiger partial charge in [-0.3, -0.25) is 9.48 Å². The third-order valence-electron chi connectivity index (χ3n) is 2.75. The Kier molecular flexibility index (Phi) is 3.18. The van der Waals surface area contributed by atoms with Crippen molar-refractivity contribution in [1.82, 2.24) is 40.1 Å². The molecular weight excluding hydrogens is 276 g/mol. The van der Waals surface area contributed by atoms with Crippen LogP contribution in [0.3, 0.4) is 0 Å². The van der Waals surface area contributed by atoms with Gasteiger partial charge in [-0.1, -0.05) is 5.21 Å². The van der Waals surface area contributed by atoms with Crippen LogP contribution in [0.2, 0.25) is 0 Å². The number of nitrogens with one attached hydrogen (secondary N) is 1. The Hall–Kier alpha value is -3.04. The van der Waals surface area contributed by atoms with Gasteiger partial charge in [-0.2, -0.15) is 4.52 Å². The number of fused-ring (bicyclic) bond motifs is 1. The van der Waals surface area contributed by atoms with E-state index in [4.69, 9.17) is 4.74 Å². The van der Waals surface area contributed by atoms with Crippen molar-refractivity contribution < 1.29 is 9.53 Å². The molecule has 0 saturated heterocycles. The first kappa shape index (κ1) is 13.0. The van der Waals surface area contributed by atoms with Crippen LogP contribution in [0, 0.1) is 0 Å². The lowest BCUT2D eigenvalue weighted by Gasteiger charge is -2.02. The molecular formula is C11H12N8O2. The highest BCUT2D eigenvalue weighted by Gasteiger charge is 2.12. The number of methoxy groups -OCH3 is 1. The Morgan fingerprint density at radius 3 is 2.90 bits per heavy atom. The summed E-state index contributed by atoms with van der Waals surface area (Å²) >= 11 is 0. The third-order valence-corrected chi connectivity index (χ3v) is 2.75. The SMILES string of the molecule is COc1ccc2nnc(CNC(=O)c3cn(C)nn3)n2n1. The molecule has 0 aliphatic carbocycles. The van der Waals surface area contributed by atoms with Gasteiger partial charge in [0, 0.05) is 13.1 Å². The molecule has 3 aromatic rings. The maximum atomic E-state index is 11.9. The van der Waals surface area contributed by atoms with Gasteiger partial charge in [0.1, 0.15) is 0 Å². The fourth-order valence-corrected chi connectivity index (χ4v) is 1.74. The van der Waals surface area contributed by atoms with E-state index in [1.165, 1.54) is 22.5 Å². The van der Waals surface area contributed by atoms with Gasteiger partial charge in [0.15, 0.2) is 17.2 Å². The smallest absolute Gasteiger partial charge is 0.273 e. The normalized spacial score (nSPS) is 10.8. The highest BCUT2D eigenvalue weighted by Crippen LogP contribution is 2.08. The second-order valence-corrected chi connectivity index (χ2v) is 4.22. The number of rotatable bonds is 4. The number of aromatic nitrogens is 7. The highest BCUT2D eigenvalue weighted by molar-refractivity contribution is 5.91. The summed E-state index contributed by atoms with van der Waals surface area (Å²) < 4.78 is 8.01. The van der Waals surface area contributed by atoms with Gasteiger partial charge < -0.3 is 10.1 Å². The van der Waals surface area contributed by atoms with Crippen molar-refractivity contribution in [3.8, 4) is 5.88 Å². The minimum absolute atomic E-state index is 0.163. The lowest BCUT2D eigenvalue weighted by molar-refractivity contribution is 0.0944. The van der Waals surface area contributed by atoms with Crippen LogP contribution in [0.5, 0.6) is 5.88 Å². The molecule has 10 heteroatoms. The molecule has 0 aromatic carbocycles. The predicted molar refractivity (Wildman–Crippen MR) is 69.5 cm³/mol. The summed E-state index contributed by atoms with van der Waals surface area (Å²) in [5, 5.41) is 22.2. The second kappa shape index (κ2) is 5.15. The molecule has 1 N–H and O–H groups in total. The average molecular weight is 288 g/mol. The van der Waals surface area contributed by atoms with Crippen molar-refractivity contribution in [2.45, 2.75) is 6.54 Å². The molecule has 0 saturated carbocycles. The molecule has 0 spiro atoms. The molecule has 0 atom stereocenters. The summed E-state index contributed by atoms with van der Waals surface area (Å²) in [5.41, 5.74) is 0.802. The first-order valence-corrected chi connectivity index (χ1v) is 6.07. The number of aryl methyl sites for hydroxylation is 1. The Bertz CT molecular complexity index is 792. The van der Waals surface area contributed by atoms with E-state index in [0.717, 1.165) is 0 Å². The zero-order valence-electron chi connectivity index (χ0n) is 11.4. The van der Waals surface area contributed by atoms with Gasteiger partial charge in [-0.05, 0) is 6.07 Å². The molecule has 108 valence electrons. The van der Waals surface area contributed by atoms with E-state index in [2.05, 4.69) is 30.9 Å². The molecule has 0 aliphatic heterocycles. The van der Waals surface area contributed by atoms with Crippen molar-refractivity contribution in [1.29, 1.82) is 0 Å². The van der Waals surface area contributed by atoms with Crippen molar-refractivity contribution in [3.05, 3.63) is 29.8 Å². The van der Waals surface area contributed by atoms with E-state index in [1.54, 1.807) is 19.2 Å². The number of nitrogens with zero attached hydrogens (tertiary/aromatic N) is 7. The van der Waals surface area contributed by atoms with Crippen molar-refractivity contribution in [2.24, 2.45) is 7.05 Å². The number of carbonyl (C=O) groups is 1. The number of amides is 1. The summed E-state index contributed by atoms with van der Waals surface area (Å²) in [6.07, 6.45) is 1.53. The van der Waals surface area contributed by atoms with Crippen LogP contribution >= 0.6 is 0 Å². The average Bonchev–Trinajstić information content (AvgIpc) is 3.10. The first-order chi connectivity index (χ1) is 10.2. The number of ether oxygens (including phenoxy) is 1. The molecule has 0 unspecified atom stereocenters. The fourth-order valence-electron chi connectivity index (χ4n) is 1.74. The quantitative estimate of drug-likeness (QED) is 0.668.